The van der Waals surface area contributed by atoms with Crippen LogP contribution in [-0.4, -0.2) is 29.6 Å². The minimum atomic E-state index is -0.989. The molecular weight excluding hydrogens is 216 g/mol. The number of nitrogens with one attached hydrogen (secondary N) is 2. The number of hydrogen-bond acceptors (Lipinski definition) is 3. The average Bonchev–Trinajstić information content (AvgIpc) is 2.68. The van der Waals surface area contributed by atoms with Crippen LogP contribution in [0.5, 0.6) is 0 Å². The van der Waals surface area contributed by atoms with Crippen molar-refractivity contribution in [3.05, 3.63) is 24.1 Å². The van der Waals surface area contributed by atoms with Crippen LogP contribution in [0.15, 0.2) is 18.3 Å². The second-order valence-corrected chi connectivity index (χ2v) is 3.64. The van der Waals surface area contributed by atoms with Crippen LogP contribution in [0, 0.1) is 5.82 Å². The SMILES string of the molecule is O=C(Nc1ccc(F)cn1)[C@@H]1C[C@@H](F)CN1. The van der Waals surface area contributed by atoms with Gasteiger partial charge in [-0.05, 0) is 12.1 Å². The molecule has 1 aliphatic rings. The first-order valence-electron chi connectivity index (χ1n) is 4.95. The van der Waals surface area contributed by atoms with E-state index in [9.17, 15) is 13.6 Å². The summed E-state index contributed by atoms with van der Waals surface area (Å²) < 4.78 is 25.4. The van der Waals surface area contributed by atoms with Gasteiger partial charge in [0.25, 0.3) is 0 Å². The van der Waals surface area contributed by atoms with Gasteiger partial charge in [0.15, 0.2) is 0 Å². The molecule has 2 rings (SSSR count). The predicted molar refractivity (Wildman–Crippen MR) is 54.1 cm³/mol. The Labute approximate surface area is 91.1 Å². The van der Waals surface area contributed by atoms with Gasteiger partial charge in [-0.25, -0.2) is 13.8 Å². The molecule has 0 bridgehead atoms. The minimum Gasteiger partial charge on any atom is -0.309 e. The highest BCUT2D eigenvalue weighted by Crippen LogP contribution is 2.12. The lowest BCUT2D eigenvalue weighted by Gasteiger charge is -2.09. The molecule has 2 atom stereocenters. The Bertz CT molecular complexity index is 382. The Morgan fingerprint density at radius 3 is 2.94 bits per heavy atom. The molecule has 0 aromatic carbocycles. The van der Waals surface area contributed by atoms with Crippen molar-refractivity contribution >= 4 is 11.7 Å². The molecule has 2 heterocycles. The number of amides is 1. The first-order chi connectivity index (χ1) is 7.65. The van der Waals surface area contributed by atoms with Crippen molar-refractivity contribution in [2.75, 3.05) is 11.9 Å². The zero-order chi connectivity index (χ0) is 11.5. The molecular formula is C10H11F2N3O. The molecule has 0 saturated carbocycles. The summed E-state index contributed by atoms with van der Waals surface area (Å²) in [5.41, 5.74) is 0. The minimum absolute atomic E-state index is 0.160. The summed E-state index contributed by atoms with van der Waals surface area (Å²) in [4.78, 5) is 15.3. The van der Waals surface area contributed by atoms with Crippen LogP contribution < -0.4 is 10.6 Å². The van der Waals surface area contributed by atoms with E-state index in [1.165, 1.54) is 12.1 Å². The quantitative estimate of drug-likeness (QED) is 0.787. The van der Waals surface area contributed by atoms with Gasteiger partial charge in [-0.2, -0.15) is 0 Å². The number of anilines is 1. The number of carbonyl (C=O) groups excluding carboxylic acids is 1. The van der Waals surface area contributed by atoms with Gasteiger partial charge >= 0.3 is 0 Å². The molecule has 4 nitrogen and oxygen atoms in total. The molecule has 1 aromatic heterocycles. The van der Waals surface area contributed by atoms with Gasteiger partial charge in [0.1, 0.15) is 17.8 Å². The Hall–Kier alpha value is -1.56. The monoisotopic (exact) mass is 227 g/mol. The Morgan fingerprint density at radius 1 is 1.56 bits per heavy atom. The average molecular weight is 227 g/mol. The van der Waals surface area contributed by atoms with Crippen molar-refractivity contribution < 1.29 is 13.6 Å². The smallest absolute Gasteiger partial charge is 0.242 e. The maximum Gasteiger partial charge on any atom is 0.242 e. The highest BCUT2D eigenvalue weighted by atomic mass is 19.1. The van der Waals surface area contributed by atoms with Crippen LogP contribution in [0.2, 0.25) is 0 Å². The van der Waals surface area contributed by atoms with E-state index in [1.54, 1.807) is 0 Å². The number of rotatable bonds is 2. The van der Waals surface area contributed by atoms with Gasteiger partial charge in [0, 0.05) is 13.0 Å². The van der Waals surface area contributed by atoms with Gasteiger partial charge in [-0.1, -0.05) is 0 Å². The molecule has 1 aromatic rings. The molecule has 1 fully saturated rings. The van der Waals surface area contributed by atoms with Gasteiger partial charge in [-0.3, -0.25) is 4.79 Å². The van der Waals surface area contributed by atoms with Gasteiger partial charge in [0.2, 0.25) is 5.91 Å². The van der Waals surface area contributed by atoms with Crippen molar-refractivity contribution in [1.82, 2.24) is 10.3 Å². The van der Waals surface area contributed by atoms with E-state index in [0.717, 1.165) is 6.20 Å². The number of alkyl halides is 1. The lowest BCUT2D eigenvalue weighted by molar-refractivity contribution is -0.117. The summed E-state index contributed by atoms with van der Waals surface area (Å²) in [5.74, 6) is -0.560. The molecule has 1 amide bonds. The molecule has 2 N–H and O–H groups in total. The van der Waals surface area contributed by atoms with Crippen LogP contribution in [-0.2, 0) is 4.79 Å². The summed E-state index contributed by atoms with van der Waals surface area (Å²) in [6.07, 6.45) is 0.180. The zero-order valence-electron chi connectivity index (χ0n) is 8.41. The number of pyridine rings is 1. The number of halogens is 2. The van der Waals surface area contributed by atoms with Crippen molar-refractivity contribution in [3.8, 4) is 0 Å². The molecule has 16 heavy (non-hydrogen) atoms. The fraction of sp³-hybridized carbons (Fsp3) is 0.400. The Kier molecular flexibility index (Phi) is 3.09. The molecule has 0 unspecified atom stereocenters. The summed E-state index contributed by atoms with van der Waals surface area (Å²) >= 11 is 0. The molecule has 0 radical (unpaired) electrons. The number of carbonyl (C=O) groups is 1. The predicted octanol–water partition coefficient (Wildman–Crippen LogP) is 0.859. The summed E-state index contributed by atoms with van der Waals surface area (Å²) in [6.45, 7) is 0.189. The summed E-state index contributed by atoms with van der Waals surface area (Å²) in [7, 11) is 0. The third-order valence-corrected chi connectivity index (χ3v) is 2.37. The molecule has 1 aliphatic heterocycles. The first kappa shape index (κ1) is 10.9. The topological polar surface area (TPSA) is 54.0 Å². The number of nitrogens with zero attached hydrogens (tertiary/aromatic N) is 1. The normalized spacial score (nSPS) is 24.4. The second-order valence-electron chi connectivity index (χ2n) is 3.64. The van der Waals surface area contributed by atoms with E-state index in [2.05, 4.69) is 15.6 Å². The molecule has 1 saturated heterocycles. The van der Waals surface area contributed by atoms with Crippen molar-refractivity contribution in [2.24, 2.45) is 0 Å². The number of hydrogen-bond donors (Lipinski definition) is 2. The lowest BCUT2D eigenvalue weighted by Crippen LogP contribution is -2.35. The van der Waals surface area contributed by atoms with Gasteiger partial charge < -0.3 is 10.6 Å². The fourth-order valence-electron chi connectivity index (χ4n) is 1.56. The lowest BCUT2D eigenvalue weighted by atomic mass is 10.2. The maximum atomic E-state index is 12.8. The summed E-state index contributed by atoms with van der Waals surface area (Å²) in [6, 6.07) is 2.01. The molecule has 0 spiro atoms. The zero-order valence-corrected chi connectivity index (χ0v) is 8.41. The van der Waals surface area contributed by atoms with Crippen LogP contribution in [0.3, 0.4) is 0 Å². The van der Waals surface area contributed by atoms with E-state index in [0.29, 0.717) is 0 Å². The van der Waals surface area contributed by atoms with Gasteiger partial charge in [0.05, 0.1) is 12.2 Å². The molecule has 0 aliphatic carbocycles. The van der Waals surface area contributed by atoms with Crippen molar-refractivity contribution in [3.63, 3.8) is 0 Å². The van der Waals surface area contributed by atoms with E-state index < -0.39 is 18.0 Å². The maximum absolute atomic E-state index is 12.8. The Morgan fingerprint density at radius 2 is 2.38 bits per heavy atom. The third kappa shape index (κ3) is 2.52. The highest BCUT2D eigenvalue weighted by Gasteiger charge is 2.29. The van der Waals surface area contributed by atoms with E-state index in [1.807, 2.05) is 0 Å². The van der Waals surface area contributed by atoms with Crippen LogP contribution in [0.4, 0.5) is 14.6 Å². The van der Waals surface area contributed by atoms with Crippen LogP contribution in [0.25, 0.3) is 0 Å². The largest absolute Gasteiger partial charge is 0.309 e. The fourth-order valence-corrected chi connectivity index (χ4v) is 1.56. The van der Waals surface area contributed by atoms with Crippen LogP contribution in [0.1, 0.15) is 6.42 Å². The van der Waals surface area contributed by atoms with Crippen LogP contribution >= 0.6 is 0 Å². The van der Waals surface area contributed by atoms with E-state index in [4.69, 9.17) is 0 Å². The number of aromatic nitrogens is 1. The standard InChI is InChI=1S/C10H11F2N3O/c11-6-1-2-9(14-4-6)15-10(16)8-3-7(12)5-13-8/h1-2,4,7-8,13H,3,5H2,(H,14,15,16)/t7-,8+/m1/s1. The van der Waals surface area contributed by atoms with Crippen molar-refractivity contribution in [2.45, 2.75) is 18.6 Å². The summed E-state index contributed by atoms with van der Waals surface area (Å²) in [5, 5.41) is 5.23. The molecule has 86 valence electrons. The van der Waals surface area contributed by atoms with E-state index in [-0.39, 0.29) is 24.7 Å². The highest BCUT2D eigenvalue weighted by molar-refractivity contribution is 5.94. The van der Waals surface area contributed by atoms with Gasteiger partial charge in [-0.15, -0.1) is 0 Å². The Balaban J connectivity index is 1.94. The van der Waals surface area contributed by atoms with E-state index >= 15 is 0 Å². The third-order valence-electron chi connectivity index (χ3n) is 2.37. The first-order valence-corrected chi connectivity index (χ1v) is 4.95. The molecule has 6 heteroatoms. The van der Waals surface area contributed by atoms with Crippen molar-refractivity contribution in [1.29, 1.82) is 0 Å². The second kappa shape index (κ2) is 4.52.